The van der Waals surface area contributed by atoms with Gasteiger partial charge in [-0.3, -0.25) is 9.59 Å². The smallest absolute Gasteiger partial charge is 0.251 e. The largest absolute Gasteiger partial charge is 0.352 e. The molecular formula is C21H23ClN2O2. The molecule has 0 aromatic heterocycles. The fourth-order valence-electron chi connectivity index (χ4n) is 3.39. The molecule has 1 N–H and O–H groups in total. The van der Waals surface area contributed by atoms with Crippen LogP contribution in [-0.2, 0) is 11.2 Å². The van der Waals surface area contributed by atoms with Gasteiger partial charge >= 0.3 is 0 Å². The first-order valence-electron chi connectivity index (χ1n) is 9.00. The molecule has 0 radical (unpaired) electrons. The fourth-order valence-corrected chi connectivity index (χ4v) is 3.52. The zero-order valence-corrected chi connectivity index (χ0v) is 15.4. The molecule has 2 aromatic rings. The van der Waals surface area contributed by atoms with Crippen molar-refractivity contribution in [1.29, 1.82) is 0 Å². The second-order valence-corrected chi connectivity index (χ2v) is 7.02. The molecule has 3 rings (SSSR count). The third kappa shape index (κ3) is 4.85. The number of carbonyl (C=O) groups is 2. The molecule has 4 nitrogen and oxygen atoms in total. The van der Waals surface area contributed by atoms with Gasteiger partial charge in [0.25, 0.3) is 5.91 Å². The molecule has 1 heterocycles. The SMILES string of the molecule is O=C(NCCC(=O)N1CCCC1Cc1ccccc1)c1ccc(Cl)cc1. The number of likely N-dealkylation sites (tertiary alicyclic amines) is 1. The number of benzene rings is 2. The van der Waals surface area contributed by atoms with Crippen LogP contribution in [0.1, 0.15) is 35.2 Å². The summed E-state index contributed by atoms with van der Waals surface area (Å²) in [6, 6.07) is 17.2. The lowest BCUT2D eigenvalue weighted by Gasteiger charge is -2.25. The molecule has 1 fully saturated rings. The minimum atomic E-state index is -0.184. The van der Waals surface area contributed by atoms with Crippen molar-refractivity contribution >= 4 is 23.4 Å². The van der Waals surface area contributed by atoms with Crippen molar-refractivity contribution in [3.05, 3.63) is 70.7 Å². The van der Waals surface area contributed by atoms with Crippen molar-refractivity contribution < 1.29 is 9.59 Å². The number of carbonyl (C=O) groups excluding carboxylic acids is 2. The molecule has 2 amide bonds. The van der Waals surface area contributed by atoms with E-state index in [1.54, 1.807) is 24.3 Å². The van der Waals surface area contributed by atoms with Gasteiger partial charge in [0, 0.05) is 36.1 Å². The number of nitrogens with one attached hydrogen (secondary N) is 1. The Balaban J connectivity index is 1.48. The highest BCUT2D eigenvalue weighted by molar-refractivity contribution is 6.30. The summed E-state index contributed by atoms with van der Waals surface area (Å²) in [5.41, 5.74) is 1.80. The monoisotopic (exact) mass is 370 g/mol. The molecule has 0 saturated carbocycles. The number of hydrogen-bond acceptors (Lipinski definition) is 2. The van der Waals surface area contributed by atoms with Crippen LogP contribution in [0.2, 0.25) is 5.02 Å². The molecule has 0 spiro atoms. The van der Waals surface area contributed by atoms with E-state index in [1.807, 2.05) is 23.1 Å². The summed E-state index contributed by atoms with van der Waals surface area (Å²) in [5.74, 6) is -0.0726. The quantitative estimate of drug-likeness (QED) is 0.843. The van der Waals surface area contributed by atoms with Crippen molar-refractivity contribution in [1.82, 2.24) is 10.2 Å². The summed E-state index contributed by atoms with van der Waals surface area (Å²) >= 11 is 5.82. The molecule has 1 saturated heterocycles. The van der Waals surface area contributed by atoms with Gasteiger partial charge in [0.05, 0.1) is 0 Å². The summed E-state index contributed by atoms with van der Waals surface area (Å²) in [4.78, 5) is 26.6. The predicted molar refractivity (Wildman–Crippen MR) is 103 cm³/mol. The van der Waals surface area contributed by atoms with Crippen molar-refractivity contribution in [3.8, 4) is 0 Å². The maximum atomic E-state index is 12.6. The lowest BCUT2D eigenvalue weighted by Crippen LogP contribution is -2.38. The lowest BCUT2D eigenvalue weighted by molar-refractivity contribution is -0.131. The van der Waals surface area contributed by atoms with Gasteiger partial charge in [0.1, 0.15) is 0 Å². The van der Waals surface area contributed by atoms with Crippen LogP contribution in [0.4, 0.5) is 0 Å². The third-order valence-electron chi connectivity index (χ3n) is 4.74. The van der Waals surface area contributed by atoms with Crippen LogP contribution in [0, 0.1) is 0 Å². The average molecular weight is 371 g/mol. The average Bonchev–Trinajstić information content (AvgIpc) is 3.11. The van der Waals surface area contributed by atoms with E-state index in [0.29, 0.717) is 23.6 Å². The maximum absolute atomic E-state index is 12.6. The Hall–Kier alpha value is -2.33. The van der Waals surface area contributed by atoms with Crippen LogP contribution in [0.25, 0.3) is 0 Å². The van der Waals surface area contributed by atoms with Crippen molar-refractivity contribution in [2.45, 2.75) is 31.7 Å². The minimum Gasteiger partial charge on any atom is -0.352 e. The van der Waals surface area contributed by atoms with Gasteiger partial charge in [-0.2, -0.15) is 0 Å². The van der Waals surface area contributed by atoms with Gasteiger partial charge in [0.2, 0.25) is 5.91 Å². The Kier molecular flexibility index (Phi) is 6.29. The van der Waals surface area contributed by atoms with Crippen LogP contribution in [0.15, 0.2) is 54.6 Å². The summed E-state index contributed by atoms with van der Waals surface area (Å²) in [7, 11) is 0. The van der Waals surface area contributed by atoms with Crippen molar-refractivity contribution in [3.63, 3.8) is 0 Å². The summed E-state index contributed by atoms with van der Waals surface area (Å²) < 4.78 is 0. The van der Waals surface area contributed by atoms with Crippen LogP contribution in [0.5, 0.6) is 0 Å². The Morgan fingerprint density at radius 3 is 2.54 bits per heavy atom. The van der Waals surface area contributed by atoms with Crippen LogP contribution >= 0.6 is 11.6 Å². The molecule has 2 aromatic carbocycles. The second-order valence-electron chi connectivity index (χ2n) is 6.59. The lowest BCUT2D eigenvalue weighted by atomic mass is 10.0. The molecule has 1 aliphatic rings. The molecule has 26 heavy (non-hydrogen) atoms. The third-order valence-corrected chi connectivity index (χ3v) is 4.99. The Labute approximate surface area is 159 Å². The van der Waals surface area contributed by atoms with E-state index in [9.17, 15) is 9.59 Å². The topological polar surface area (TPSA) is 49.4 Å². The highest BCUT2D eigenvalue weighted by Gasteiger charge is 2.28. The number of nitrogens with zero attached hydrogens (tertiary/aromatic N) is 1. The zero-order valence-electron chi connectivity index (χ0n) is 14.7. The highest BCUT2D eigenvalue weighted by atomic mass is 35.5. The van der Waals surface area contributed by atoms with Gasteiger partial charge in [-0.1, -0.05) is 41.9 Å². The van der Waals surface area contributed by atoms with E-state index >= 15 is 0 Å². The fraction of sp³-hybridized carbons (Fsp3) is 0.333. The van der Waals surface area contributed by atoms with E-state index in [2.05, 4.69) is 17.4 Å². The van der Waals surface area contributed by atoms with E-state index in [1.165, 1.54) is 5.56 Å². The summed E-state index contributed by atoms with van der Waals surface area (Å²) in [6.45, 7) is 1.15. The van der Waals surface area contributed by atoms with Crippen molar-refractivity contribution in [2.75, 3.05) is 13.1 Å². The Morgan fingerprint density at radius 1 is 1.08 bits per heavy atom. The second kappa shape index (κ2) is 8.86. The summed E-state index contributed by atoms with van der Waals surface area (Å²) in [5, 5.41) is 3.40. The Morgan fingerprint density at radius 2 is 1.81 bits per heavy atom. The Bertz CT molecular complexity index is 746. The normalized spacial score (nSPS) is 16.5. The number of amides is 2. The van der Waals surface area contributed by atoms with Gasteiger partial charge in [-0.05, 0) is 49.1 Å². The first kappa shape index (κ1) is 18.5. The highest BCUT2D eigenvalue weighted by Crippen LogP contribution is 2.22. The van der Waals surface area contributed by atoms with Gasteiger partial charge in [-0.15, -0.1) is 0 Å². The van der Waals surface area contributed by atoms with Gasteiger partial charge in [-0.25, -0.2) is 0 Å². The van der Waals surface area contributed by atoms with Crippen LogP contribution < -0.4 is 5.32 Å². The number of hydrogen-bond donors (Lipinski definition) is 1. The number of rotatable bonds is 6. The van der Waals surface area contributed by atoms with E-state index in [4.69, 9.17) is 11.6 Å². The standard InChI is InChI=1S/C21H23ClN2O2/c22-18-10-8-17(9-11-18)21(26)23-13-12-20(25)24-14-4-7-19(24)15-16-5-2-1-3-6-16/h1-3,5-6,8-11,19H,4,7,12-15H2,(H,23,26). The van der Waals surface area contributed by atoms with Crippen LogP contribution in [0.3, 0.4) is 0 Å². The van der Waals surface area contributed by atoms with E-state index in [-0.39, 0.29) is 17.9 Å². The first-order chi connectivity index (χ1) is 12.6. The first-order valence-corrected chi connectivity index (χ1v) is 9.38. The predicted octanol–water partition coefficient (Wildman–Crippen LogP) is 3.69. The molecule has 5 heteroatoms. The molecular weight excluding hydrogens is 348 g/mol. The zero-order chi connectivity index (χ0) is 18.4. The van der Waals surface area contributed by atoms with Gasteiger partial charge in [0.15, 0.2) is 0 Å². The molecule has 1 unspecified atom stereocenters. The van der Waals surface area contributed by atoms with Crippen molar-refractivity contribution in [2.24, 2.45) is 0 Å². The summed E-state index contributed by atoms with van der Waals surface area (Å²) in [6.07, 6.45) is 3.30. The molecule has 0 bridgehead atoms. The van der Waals surface area contributed by atoms with Gasteiger partial charge < -0.3 is 10.2 Å². The van der Waals surface area contributed by atoms with Crippen LogP contribution in [-0.4, -0.2) is 35.8 Å². The molecule has 1 aliphatic heterocycles. The minimum absolute atomic E-state index is 0.111. The van der Waals surface area contributed by atoms with E-state index < -0.39 is 0 Å². The molecule has 136 valence electrons. The molecule has 1 atom stereocenters. The maximum Gasteiger partial charge on any atom is 0.251 e. The number of halogens is 1. The van der Waals surface area contributed by atoms with E-state index in [0.717, 1.165) is 25.8 Å². The molecule has 0 aliphatic carbocycles.